The normalized spacial score (nSPS) is 14.1. The van der Waals surface area contributed by atoms with Crippen LogP contribution in [0, 0.1) is 0 Å². The Labute approximate surface area is 79.8 Å². The van der Waals surface area contributed by atoms with Crippen molar-refractivity contribution in [3.8, 4) is 0 Å². The summed E-state index contributed by atoms with van der Waals surface area (Å²) in [6.07, 6.45) is 0.714. The van der Waals surface area contributed by atoms with E-state index in [2.05, 4.69) is 5.32 Å². The first-order valence-corrected chi connectivity index (χ1v) is 5.27. The fraction of sp³-hybridized carbons (Fsp3) is 0.857. The second-order valence-electron chi connectivity index (χ2n) is 2.72. The number of aliphatic carboxylic acids is 1. The highest BCUT2D eigenvalue weighted by Crippen LogP contribution is 2.14. The van der Waals surface area contributed by atoms with Gasteiger partial charge in [-0.1, -0.05) is 13.8 Å². The Morgan fingerprint density at radius 3 is 2.23 bits per heavy atom. The molecule has 0 fully saturated rings. The van der Waals surface area contributed by atoms with Crippen molar-refractivity contribution in [3.05, 3.63) is 0 Å². The number of rotatable bonds is 6. The lowest BCUT2D eigenvalue weighted by atomic mass is 9.93. The summed E-state index contributed by atoms with van der Waals surface area (Å²) in [5, 5.41) is 11.4. The van der Waals surface area contributed by atoms with Gasteiger partial charge in [0.05, 0.1) is 5.88 Å². The fourth-order valence-corrected chi connectivity index (χ4v) is 1.47. The zero-order valence-corrected chi connectivity index (χ0v) is 8.52. The molecule has 0 aliphatic heterocycles. The van der Waals surface area contributed by atoms with E-state index in [1.165, 1.54) is 0 Å². The third-order valence-corrected chi connectivity index (χ3v) is 2.52. The average Bonchev–Trinajstić information content (AvgIpc) is 2.06. The van der Waals surface area contributed by atoms with Crippen molar-refractivity contribution >= 4 is 17.0 Å². The predicted molar refractivity (Wildman–Crippen MR) is 47.9 cm³/mol. The molecule has 2 N–H and O–H groups in total. The molecule has 0 saturated heterocycles. The molecule has 78 valence electrons. The molecular formula is C7H14NO4S-. The summed E-state index contributed by atoms with van der Waals surface area (Å²) < 4.78 is 20.5. The molecule has 5 nitrogen and oxygen atoms in total. The maximum Gasteiger partial charge on any atom is 0.323 e. The summed E-state index contributed by atoms with van der Waals surface area (Å²) in [6, 6.07) is 0. The van der Waals surface area contributed by atoms with Crippen molar-refractivity contribution in [1.29, 1.82) is 0 Å². The zero-order chi connectivity index (χ0) is 10.5. The van der Waals surface area contributed by atoms with Crippen LogP contribution in [0.1, 0.15) is 26.7 Å². The Bertz CT molecular complexity index is 203. The fourth-order valence-electron chi connectivity index (χ4n) is 1.08. The van der Waals surface area contributed by atoms with Gasteiger partial charge in [-0.3, -0.25) is 14.3 Å². The molecule has 0 aromatic carbocycles. The van der Waals surface area contributed by atoms with Crippen LogP contribution >= 0.6 is 0 Å². The number of carboxylic acids is 1. The Balaban J connectivity index is 4.39. The van der Waals surface area contributed by atoms with E-state index in [9.17, 15) is 13.6 Å². The quantitative estimate of drug-likeness (QED) is 0.602. The van der Waals surface area contributed by atoms with Crippen LogP contribution in [0.25, 0.3) is 0 Å². The molecule has 0 radical (unpaired) electrons. The van der Waals surface area contributed by atoms with E-state index in [0.717, 1.165) is 0 Å². The summed E-state index contributed by atoms with van der Waals surface area (Å²) >= 11 is -2.26. The number of hydrogen-bond donors (Lipinski definition) is 2. The smallest absolute Gasteiger partial charge is 0.323 e. The van der Waals surface area contributed by atoms with Gasteiger partial charge >= 0.3 is 5.97 Å². The van der Waals surface area contributed by atoms with Gasteiger partial charge in [-0.25, -0.2) is 0 Å². The second kappa shape index (κ2) is 5.31. The first kappa shape index (κ1) is 12.5. The van der Waals surface area contributed by atoms with Crippen LogP contribution < -0.4 is 5.32 Å². The lowest BCUT2D eigenvalue weighted by molar-refractivity contribution is -0.145. The maximum atomic E-state index is 10.8. The number of carboxylic acid groups (broad SMARTS) is 1. The van der Waals surface area contributed by atoms with Crippen LogP contribution in [0.2, 0.25) is 0 Å². The number of nitrogens with one attached hydrogen (secondary N) is 1. The molecule has 0 aliphatic carbocycles. The largest absolute Gasteiger partial charge is 0.771 e. The molecule has 0 bridgehead atoms. The third-order valence-electron chi connectivity index (χ3n) is 2.14. The van der Waals surface area contributed by atoms with E-state index in [1.807, 2.05) is 0 Å². The van der Waals surface area contributed by atoms with Gasteiger partial charge in [0, 0.05) is 0 Å². The average molecular weight is 208 g/mol. The van der Waals surface area contributed by atoms with Gasteiger partial charge < -0.3 is 9.66 Å². The second-order valence-corrected chi connectivity index (χ2v) is 3.62. The molecule has 0 spiro atoms. The van der Waals surface area contributed by atoms with E-state index in [1.54, 1.807) is 13.8 Å². The van der Waals surface area contributed by atoms with Crippen LogP contribution in [0.5, 0.6) is 0 Å². The first-order chi connectivity index (χ1) is 5.98. The van der Waals surface area contributed by atoms with Gasteiger partial charge in [-0.15, -0.1) is 0 Å². The van der Waals surface area contributed by atoms with Crippen LogP contribution in [-0.2, 0) is 15.9 Å². The van der Waals surface area contributed by atoms with Gasteiger partial charge in [0.15, 0.2) is 0 Å². The summed E-state index contributed by atoms with van der Waals surface area (Å²) in [4.78, 5) is 10.8. The first-order valence-electron chi connectivity index (χ1n) is 4.02. The van der Waals surface area contributed by atoms with E-state index < -0.39 is 22.6 Å². The van der Waals surface area contributed by atoms with Crippen molar-refractivity contribution in [3.63, 3.8) is 0 Å². The minimum absolute atomic E-state index is 0.325. The molecule has 0 aromatic rings. The highest BCUT2D eigenvalue weighted by Gasteiger charge is 2.33. The summed E-state index contributed by atoms with van der Waals surface area (Å²) in [5.41, 5.74) is -1.11. The van der Waals surface area contributed by atoms with Gasteiger partial charge in [-0.05, 0) is 23.9 Å². The van der Waals surface area contributed by atoms with Crippen LogP contribution in [0.15, 0.2) is 0 Å². The molecule has 13 heavy (non-hydrogen) atoms. The number of carbonyl (C=O) groups is 1. The summed E-state index contributed by atoms with van der Waals surface area (Å²) in [5.74, 6) is -1.34. The Morgan fingerprint density at radius 2 is 2.00 bits per heavy atom. The summed E-state index contributed by atoms with van der Waals surface area (Å²) in [7, 11) is 0. The lowest BCUT2D eigenvalue weighted by Gasteiger charge is -2.28. The van der Waals surface area contributed by atoms with Crippen molar-refractivity contribution in [2.75, 3.05) is 5.88 Å². The predicted octanol–water partition coefficient (Wildman–Crippen LogP) is 0.0560. The topological polar surface area (TPSA) is 89.5 Å². The molecular weight excluding hydrogens is 194 g/mol. The standard InChI is InChI=1S/C7H15NO4S/c1-3-7(4-2,6(9)10)8-5-13(11)12/h8H,3-5H2,1-2H3,(H,9,10)(H,11,12)/p-1. The molecule has 0 aliphatic rings. The highest BCUT2D eigenvalue weighted by molar-refractivity contribution is 7.79. The van der Waals surface area contributed by atoms with Gasteiger partial charge in [0.25, 0.3) is 0 Å². The van der Waals surface area contributed by atoms with E-state index in [4.69, 9.17) is 5.11 Å². The Kier molecular flexibility index (Phi) is 5.12. The molecule has 0 amide bonds. The van der Waals surface area contributed by atoms with Crippen LogP contribution in [-0.4, -0.2) is 31.3 Å². The van der Waals surface area contributed by atoms with Crippen LogP contribution in [0.3, 0.4) is 0 Å². The SMILES string of the molecule is CCC(CC)(NCS(=O)[O-])C(=O)O. The van der Waals surface area contributed by atoms with Crippen LogP contribution in [0.4, 0.5) is 0 Å². The molecule has 1 unspecified atom stereocenters. The highest BCUT2D eigenvalue weighted by atomic mass is 32.2. The molecule has 6 heteroatoms. The molecule has 0 heterocycles. The number of hydrogen-bond acceptors (Lipinski definition) is 4. The van der Waals surface area contributed by atoms with E-state index in [-0.39, 0.29) is 5.88 Å². The lowest BCUT2D eigenvalue weighted by Crippen LogP contribution is -2.52. The van der Waals surface area contributed by atoms with Gasteiger partial charge in [0.1, 0.15) is 5.54 Å². The Hall–Kier alpha value is -0.460. The molecule has 0 aromatic heterocycles. The van der Waals surface area contributed by atoms with E-state index in [0.29, 0.717) is 12.8 Å². The zero-order valence-electron chi connectivity index (χ0n) is 7.70. The maximum absolute atomic E-state index is 10.8. The minimum atomic E-state index is -2.26. The van der Waals surface area contributed by atoms with Gasteiger partial charge in [-0.2, -0.15) is 0 Å². The third kappa shape index (κ3) is 3.41. The molecule has 0 saturated carbocycles. The van der Waals surface area contributed by atoms with Gasteiger partial charge in [0.2, 0.25) is 0 Å². The summed E-state index contributed by atoms with van der Waals surface area (Å²) in [6.45, 7) is 3.41. The molecule has 1 atom stereocenters. The Morgan fingerprint density at radius 1 is 1.54 bits per heavy atom. The minimum Gasteiger partial charge on any atom is -0.771 e. The van der Waals surface area contributed by atoms with Crippen molar-refractivity contribution < 1.29 is 18.7 Å². The van der Waals surface area contributed by atoms with Crippen molar-refractivity contribution in [2.24, 2.45) is 0 Å². The molecule has 0 rings (SSSR count). The monoisotopic (exact) mass is 208 g/mol. The van der Waals surface area contributed by atoms with Crippen molar-refractivity contribution in [1.82, 2.24) is 5.32 Å². The van der Waals surface area contributed by atoms with Crippen molar-refractivity contribution in [2.45, 2.75) is 32.2 Å². The van der Waals surface area contributed by atoms with E-state index >= 15 is 0 Å².